The Morgan fingerprint density at radius 3 is 2.72 bits per heavy atom. The minimum Gasteiger partial charge on any atom is -0.466 e. The molecule has 1 aromatic rings. The molecule has 0 unspecified atom stereocenters. The maximum Gasteiger partial charge on any atom is 0.310 e. The fourth-order valence-electron chi connectivity index (χ4n) is 4.47. The first-order valence-corrected chi connectivity index (χ1v) is 11.7. The first-order chi connectivity index (χ1) is 13.9. The van der Waals surface area contributed by atoms with Crippen LogP contribution in [0.4, 0.5) is 5.69 Å². The highest BCUT2D eigenvalue weighted by atomic mass is 32.2. The van der Waals surface area contributed by atoms with Gasteiger partial charge in [-0.15, -0.1) is 0 Å². The average Bonchev–Trinajstić information content (AvgIpc) is 3.34. The first kappa shape index (κ1) is 20.1. The maximum absolute atomic E-state index is 13.3. The van der Waals surface area contributed by atoms with Gasteiger partial charge < -0.3 is 10.1 Å². The van der Waals surface area contributed by atoms with Crippen LogP contribution in [0, 0.1) is 5.92 Å². The molecule has 7 nitrogen and oxygen atoms in total. The van der Waals surface area contributed by atoms with Gasteiger partial charge in [-0.05, 0) is 63.6 Å². The van der Waals surface area contributed by atoms with Crippen LogP contribution in [0.5, 0.6) is 0 Å². The number of carbonyl (C=O) groups excluding carboxylic acids is 2. The summed E-state index contributed by atoms with van der Waals surface area (Å²) < 4.78 is 33.0. The van der Waals surface area contributed by atoms with Gasteiger partial charge in [-0.1, -0.05) is 5.57 Å². The highest BCUT2D eigenvalue weighted by Gasteiger charge is 2.36. The van der Waals surface area contributed by atoms with Crippen LogP contribution < -0.4 is 5.32 Å². The number of nitrogens with zero attached hydrogens (tertiary/aromatic N) is 1. The highest BCUT2D eigenvalue weighted by molar-refractivity contribution is 7.89. The largest absolute Gasteiger partial charge is 0.466 e. The molecule has 3 aliphatic rings. The lowest BCUT2D eigenvalue weighted by Gasteiger charge is -2.30. The second-order valence-corrected chi connectivity index (χ2v) is 9.74. The Morgan fingerprint density at radius 2 is 2.00 bits per heavy atom. The minimum absolute atomic E-state index is 0.128. The number of hydrogen-bond acceptors (Lipinski definition) is 5. The molecule has 0 bridgehead atoms. The number of hydrogen-bond donors (Lipinski definition) is 1. The van der Waals surface area contributed by atoms with Crippen molar-refractivity contribution in [2.75, 3.05) is 25.0 Å². The minimum atomic E-state index is -3.77. The van der Waals surface area contributed by atoms with Crippen molar-refractivity contribution in [3.63, 3.8) is 0 Å². The Hall–Kier alpha value is -2.19. The molecular weight excluding hydrogens is 392 g/mol. The molecule has 2 heterocycles. The van der Waals surface area contributed by atoms with Gasteiger partial charge in [0.15, 0.2) is 0 Å². The summed E-state index contributed by atoms with van der Waals surface area (Å²) in [6.45, 7) is 2.53. The number of ether oxygens (including phenoxy) is 1. The fraction of sp³-hybridized carbons (Fsp3) is 0.524. The van der Waals surface area contributed by atoms with E-state index in [0.717, 1.165) is 31.3 Å². The highest BCUT2D eigenvalue weighted by Crippen LogP contribution is 2.40. The van der Waals surface area contributed by atoms with Gasteiger partial charge in [0.1, 0.15) is 0 Å². The van der Waals surface area contributed by atoms with Gasteiger partial charge in [-0.25, -0.2) is 8.42 Å². The summed E-state index contributed by atoms with van der Waals surface area (Å²) in [5, 5.41) is 2.85. The molecule has 29 heavy (non-hydrogen) atoms. The van der Waals surface area contributed by atoms with Gasteiger partial charge in [0.2, 0.25) is 10.0 Å². The van der Waals surface area contributed by atoms with Crippen molar-refractivity contribution in [2.24, 2.45) is 5.92 Å². The van der Waals surface area contributed by atoms with E-state index in [-0.39, 0.29) is 29.9 Å². The van der Waals surface area contributed by atoms with Crippen molar-refractivity contribution < 1.29 is 22.7 Å². The molecule has 1 saturated carbocycles. The maximum atomic E-state index is 13.3. The van der Waals surface area contributed by atoms with Crippen molar-refractivity contribution in [3.05, 3.63) is 29.3 Å². The molecule has 2 aliphatic heterocycles. The summed E-state index contributed by atoms with van der Waals surface area (Å²) in [5.41, 5.74) is 3.08. The first-order valence-electron chi connectivity index (χ1n) is 10.3. The summed E-state index contributed by atoms with van der Waals surface area (Å²) in [5.74, 6) is -0.927. The van der Waals surface area contributed by atoms with E-state index in [9.17, 15) is 18.0 Å². The third-order valence-corrected chi connectivity index (χ3v) is 7.80. The predicted octanol–water partition coefficient (Wildman–Crippen LogP) is 2.93. The summed E-state index contributed by atoms with van der Waals surface area (Å²) in [6.07, 6.45) is 5.12. The van der Waals surface area contributed by atoms with Crippen LogP contribution in [-0.4, -0.2) is 44.3 Å². The number of piperidine rings is 1. The smallest absolute Gasteiger partial charge is 0.310 e. The lowest BCUT2D eigenvalue weighted by Crippen LogP contribution is -2.42. The quantitative estimate of drug-likeness (QED) is 0.599. The van der Waals surface area contributed by atoms with Gasteiger partial charge in [0.25, 0.3) is 5.91 Å². The second kappa shape index (κ2) is 7.91. The summed E-state index contributed by atoms with van der Waals surface area (Å²) in [7, 11) is -3.77. The SMILES string of the molecule is CCOC(=O)[C@@H]1CCCN(S(=O)(=O)c2ccc3c(c2)C(=C2CCCC2)C(=O)N3)C1. The number of amides is 1. The lowest BCUT2D eigenvalue weighted by atomic mass is 10.00. The molecule has 1 N–H and O–H groups in total. The Bertz CT molecular complexity index is 975. The van der Waals surface area contributed by atoms with Crippen molar-refractivity contribution in [1.29, 1.82) is 0 Å². The van der Waals surface area contributed by atoms with Crippen LogP contribution in [0.25, 0.3) is 5.57 Å². The molecule has 156 valence electrons. The van der Waals surface area contributed by atoms with Crippen LogP contribution in [0.3, 0.4) is 0 Å². The number of allylic oxidation sites excluding steroid dienone is 1. The van der Waals surface area contributed by atoms with E-state index in [1.54, 1.807) is 19.1 Å². The molecule has 8 heteroatoms. The van der Waals surface area contributed by atoms with Crippen molar-refractivity contribution in [1.82, 2.24) is 4.31 Å². The van der Waals surface area contributed by atoms with Crippen molar-refractivity contribution >= 4 is 33.2 Å². The molecule has 1 aliphatic carbocycles. The van der Waals surface area contributed by atoms with Crippen LogP contribution in [0.15, 0.2) is 28.7 Å². The molecule has 0 radical (unpaired) electrons. The van der Waals surface area contributed by atoms with E-state index < -0.39 is 15.9 Å². The standard InChI is InChI=1S/C21H26N2O5S/c1-2-28-21(25)15-8-5-11-23(13-15)29(26,27)16-9-10-18-17(12-16)19(20(24)22-18)14-6-3-4-7-14/h9-10,12,15H,2-8,11,13H2,1H3,(H,22,24)/t15-/m1/s1. The summed E-state index contributed by atoms with van der Waals surface area (Å²) in [4.78, 5) is 24.7. The lowest BCUT2D eigenvalue weighted by molar-refractivity contribution is -0.149. The molecular formula is C21H26N2O5S. The number of benzene rings is 1. The summed E-state index contributed by atoms with van der Waals surface area (Å²) >= 11 is 0. The molecule has 1 amide bonds. The van der Waals surface area contributed by atoms with Crippen LogP contribution in [0.2, 0.25) is 0 Å². The monoisotopic (exact) mass is 418 g/mol. The predicted molar refractivity (Wildman–Crippen MR) is 109 cm³/mol. The zero-order chi connectivity index (χ0) is 20.6. The van der Waals surface area contributed by atoms with Gasteiger partial charge in [-0.3, -0.25) is 9.59 Å². The third kappa shape index (κ3) is 3.71. The zero-order valence-electron chi connectivity index (χ0n) is 16.6. The van der Waals surface area contributed by atoms with Gasteiger partial charge in [0.05, 0.1) is 17.4 Å². The zero-order valence-corrected chi connectivity index (χ0v) is 17.4. The average molecular weight is 419 g/mol. The summed E-state index contributed by atoms with van der Waals surface area (Å²) in [6, 6.07) is 4.80. The Balaban J connectivity index is 1.64. The molecule has 4 rings (SSSR count). The molecule has 0 spiro atoms. The molecule has 1 saturated heterocycles. The number of carbonyl (C=O) groups is 2. The number of rotatable bonds is 4. The molecule has 2 fully saturated rings. The second-order valence-electron chi connectivity index (χ2n) is 7.80. The third-order valence-electron chi connectivity index (χ3n) is 5.94. The van der Waals surface area contributed by atoms with Crippen LogP contribution in [0.1, 0.15) is 51.0 Å². The normalized spacial score (nSPS) is 22.5. The number of fused-ring (bicyclic) bond motifs is 1. The van der Waals surface area contributed by atoms with Gasteiger partial charge >= 0.3 is 5.97 Å². The number of esters is 1. The topological polar surface area (TPSA) is 92.8 Å². The molecule has 0 aromatic heterocycles. The number of anilines is 1. The van der Waals surface area contributed by atoms with E-state index in [2.05, 4.69) is 5.32 Å². The van der Waals surface area contributed by atoms with E-state index in [0.29, 0.717) is 36.2 Å². The number of nitrogens with one attached hydrogen (secondary N) is 1. The number of sulfonamides is 1. The van der Waals surface area contributed by atoms with E-state index in [4.69, 9.17) is 4.74 Å². The Morgan fingerprint density at radius 1 is 1.24 bits per heavy atom. The molecule has 1 aromatic carbocycles. The molecule has 1 atom stereocenters. The van der Waals surface area contributed by atoms with Crippen molar-refractivity contribution in [2.45, 2.75) is 50.3 Å². The van der Waals surface area contributed by atoms with Crippen LogP contribution >= 0.6 is 0 Å². The van der Waals surface area contributed by atoms with Gasteiger partial charge in [-0.2, -0.15) is 4.31 Å². The van der Waals surface area contributed by atoms with E-state index in [1.165, 1.54) is 10.4 Å². The van der Waals surface area contributed by atoms with E-state index in [1.807, 2.05) is 0 Å². The van der Waals surface area contributed by atoms with Crippen molar-refractivity contribution in [3.8, 4) is 0 Å². The fourth-order valence-corrected chi connectivity index (χ4v) is 6.02. The Kier molecular flexibility index (Phi) is 5.48. The van der Waals surface area contributed by atoms with Crippen LogP contribution in [-0.2, 0) is 24.3 Å². The Labute approximate surface area is 171 Å². The van der Waals surface area contributed by atoms with Gasteiger partial charge in [0, 0.05) is 29.9 Å². The van der Waals surface area contributed by atoms with E-state index >= 15 is 0 Å².